The van der Waals surface area contributed by atoms with Gasteiger partial charge in [0.15, 0.2) is 8.29 Å². The van der Waals surface area contributed by atoms with Gasteiger partial charge in [0.1, 0.15) is 0 Å². The van der Waals surface area contributed by atoms with Crippen molar-refractivity contribution in [3.63, 3.8) is 0 Å². The number of nitrogens with one attached hydrogen (secondary N) is 1. The number of halogens is 2. The maximum absolute atomic E-state index is 12.4. The van der Waals surface area contributed by atoms with E-state index in [1.165, 1.54) is 23.1 Å². The van der Waals surface area contributed by atoms with Crippen molar-refractivity contribution >= 4 is 70.1 Å². The molecule has 1 aromatic heterocycles. The molecule has 0 bridgehead atoms. The number of hydrogen-bond donors (Lipinski definition) is 1. The molecular weight excluding hydrogens is 453 g/mol. The van der Waals surface area contributed by atoms with Crippen LogP contribution in [0.15, 0.2) is 46.8 Å². The second kappa shape index (κ2) is 9.41. The molecule has 1 N–H and O–H groups in total. The Kier molecular flexibility index (Phi) is 7.17. The van der Waals surface area contributed by atoms with Crippen LogP contribution in [-0.4, -0.2) is 21.4 Å². The highest BCUT2D eigenvalue weighted by Gasteiger charge is 2.12. The molecule has 0 unspecified atom stereocenters. The lowest BCUT2D eigenvalue weighted by Crippen LogP contribution is -2.15. The van der Waals surface area contributed by atoms with Crippen LogP contribution in [0.5, 0.6) is 0 Å². The molecule has 3 rings (SSSR count). The van der Waals surface area contributed by atoms with E-state index in [1.807, 2.05) is 24.3 Å². The van der Waals surface area contributed by atoms with Crippen LogP contribution in [0.3, 0.4) is 0 Å². The summed E-state index contributed by atoms with van der Waals surface area (Å²) in [5.74, 6) is 0.493. The summed E-state index contributed by atoms with van der Waals surface area (Å²) in [4.78, 5) is 12.4. The quantitative estimate of drug-likeness (QED) is 0.317. The van der Waals surface area contributed by atoms with Gasteiger partial charge in [0.2, 0.25) is 5.91 Å². The highest BCUT2D eigenvalue weighted by molar-refractivity contribution is 8.01. The molecule has 0 spiro atoms. The molecule has 0 aliphatic heterocycles. The Morgan fingerprint density at radius 1 is 1.25 bits per heavy atom. The van der Waals surface area contributed by atoms with Crippen LogP contribution in [0.2, 0.25) is 10.0 Å². The fourth-order valence-electron chi connectivity index (χ4n) is 2.53. The Hall–Kier alpha value is -1.38. The zero-order valence-corrected chi connectivity index (χ0v) is 19.1. The van der Waals surface area contributed by atoms with Crippen LogP contribution in [0.1, 0.15) is 25.3 Å². The molecule has 28 heavy (non-hydrogen) atoms. The fraction of sp³-hybridized carbons (Fsp3) is 0.211. The van der Waals surface area contributed by atoms with Crippen LogP contribution >= 0.6 is 58.5 Å². The lowest BCUT2D eigenvalue weighted by molar-refractivity contribution is -0.113. The first-order valence-corrected chi connectivity index (χ1v) is 11.4. The number of carbonyl (C=O) groups is 1. The number of hydrogen-bond acceptors (Lipinski definition) is 5. The van der Waals surface area contributed by atoms with Gasteiger partial charge < -0.3 is 5.32 Å². The van der Waals surface area contributed by atoms with E-state index in [9.17, 15) is 4.79 Å². The molecule has 3 aromatic rings. The molecule has 4 nitrogen and oxygen atoms in total. The monoisotopic (exact) mass is 469 g/mol. The van der Waals surface area contributed by atoms with Gasteiger partial charge in [0, 0.05) is 5.69 Å². The van der Waals surface area contributed by atoms with Gasteiger partial charge in [-0.1, -0.05) is 78.3 Å². The normalized spacial score (nSPS) is 11.0. The minimum atomic E-state index is -0.0831. The highest BCUT2D eigenvalue weighted by atomic mass is 35.5. The molecule has 9 heteroatoms. The van der Waals surface area contributed by atoms with E-state index in [-0.39, 0.29) is 11.7 Å². The summed E-state index contributed by atoms with van der Waals surface area (Å²) in [5, 5.41) is 8.38. The summed E-state index contributed by atoms with van der Waals surface area (Å²) in [6.07, 6.45) is 0. The zero-order chi connectivity index (χ0) is 20.3. The summed E-state index contributed by atoms with van der Waals surface area (Å²) >= 11 is 20.1. The lowest BCUT2D eigenvalue weighted by Gasteiger charge is -2.13. The number of nitrogens with zero attached hydrogens (tertiary/aromatic N) is 2. The molecule has 0 atom stereocenters. The number of para-hydroxylation sites is 1. The first kappa shape index (κ1) is 21.3. The first-order valence-electron chi connectivity index (χ1n) is 8.42. The van der Waals surface area contributed by atoms with Crippen LogP contribution < -0.4 is 5.32 Å². The van der Waals surface area contributed by atoms with Crippen LogP contribution in [-0.2, 0) is 4.79 Å². The highest BCUT2D eigenvalue weighted by Crippen LogP contribution is 2.28. The molecule has 0 saturated carbocycles. The Labute approximate surface area is 186 Å². The van der Waals surface area contributed by atoms with E-state index < -0.39 is 0 Å². The van der Waals surface area contributed by atoms with E-state index in [1.54, 1.807) is 22.9 Å². The zero-order valence-electron chi connectivity index (χ0n) is 15.1. The van der Waals surface area contributed by atoms with Gasteiger partial charge in [-0.3, -0.25) is 4.79 Å². The van der Waals surface area contributed by atoms with Gasteiger partial charge in [-0.25, -0.2) is 4.68 Å². The standard InChI is InChI=1S/C19H17Cl2N3OS3/c1-11(2)13-5-3-4-6-16(13)22-17(25)10-27-18-23-24(19(26)28-18)12-7-8-14(20)15(21)9-12/h3-9,11H,10H2,1-2H3,(H,22,25). The Morgan fingerprint density at radius 2 is 2.00 bits per heavy atom. The predicted molar refractivity (Wildman–Crippen MR) is 122 cm³/mol. The fourth-order valence-corrected chi connectivity index (χ4v) is 4.98. The molecular formula is C19H17Cl2N3OS3. The Bertz CT molecular complexity index is 1060. The summed E-state index contributed by atoms with van der Waals surface area (Å²) in [5.41, 5.74) is 2.69. The molecule has 1 heterocycles. The summed E-state index contributed by atoms with van der Waals surface area (Å²) < 4.78 is 2.91. The first-order chi connectivity index (χ1) is 13.3. The smallest absolute Gasteiger partial charge is 0.234 e. The van der Waals surface area contributed by atoms with E-state index in [2.05, 4.69) is 24.3 Å². The number of anilines is 1. The predicted octanol–water partition coefficient (Wildman–Crippen LogP) is 6.82. The van der Waals surface area contributed by atoms with Gasteiger partial charge in [-0.2, -0.15) is 0 Å². The number of thioether (sulfide) groups is 1. The minimum Gasteiger partial charge on any atom is -0.325 e. The lowest BCUT2D eigenvalue weighted by atomic mass is 10.0. The Balaban J connectivity index is 1.68. The summed E-state index contributed by atoms with van der Waals surface area (Å²) in [7, 11) is 0. The van der Waals surface area contributed by atoms with E-state index in [0.29, 0.717) is 24.3 Å². The van der Waals surface area contributed by atoms with Crippen LogP contribution in [0.4, 0.5) is 5.69 Å². The van der Waals surface area contributed by atoms with E-state index >= 15 is 0 Å². The molecule has 2 aromatic carbocycles. The average molecular weight is 470 g/mol. The van der Waals surface area contributed by atoms with Crippen molar-refractivity contribution in [3.05, 3.63) is 62.0 Å². The minimum absolute atomic E-state index is 0.0831. The summed E-state index contributed by atoms with van der Waals surface area (Å²) in [6.45, 7) is 4.20. The average Bonchev–Trinajstić information content (AvgIpc) is 3.03. The number of amides is 1. The van der Waals surface area contributed by atoms with Crippen molar-refractivity contribution in [1.82, 2.24) is 9.78 Å². The van der Waals surface area contributed by atoms with Crippen molar-refractivity contribution in [1.29, 1.82) is 0 Å². The third-order valence-electron chi connectivity index (χ3n) is 3.86. The van der Waals surface area contributed by atoms with Crippen LogP contribution in [0, 0.1) is 3.95 Å². The number of aromatic nitrogens is 2. The van der Waals surface area contributed by atoms with Gasteiger partial charge in [-0.15, -0.1) is 5.10 Å². The number of carbonyl (C=O) groups excluding carboxylic acids is 1. The third kappa shape index (κ3) is 5.15. The molecule has 0 saturated heterocycles. The third-order valence-corrected chi connectivity index (χ3v) is 6.97. The SMILES string of the molecule is CC(C)c1ccccc1NC(=O)CSc1nn(-c2ccc(Cl)c(Cl)c2)c(=S)s1. The van der Waals surface area contributed by atoms with Crippen molar-refractivity contribution < 1.29 is 4.79 Å². The molecule has 0 aliphatic carbocycles. The van der Waals surface area contributed by atoms with Gasteiger partial charge in [0.25, 0.3) is 0 Å². The van der Waals surface area contributed by atoms with Crippen molar-refractivity contribution in [2.45, 2.75) is 24.1 Å². The second-order valence-corrected chi connectivity index (χ2v) is 9.88. The van der Waals surface area contributed by atoms with Crippen molar-refractivity contribution in [2.75, 3.05) is 11.1 Å². The number of rotatable bonds is 6. The second-order valence-electron chi connectivity index (χ2n) is 6.22. The molecule has 146 valence electrons. The Morgan fingerprint density at radius 3 is 2.71 bits per heavy atom. The topological polar surface area (TPSA) is 46.9 Å². The molecule has 0 radical (unpaired) electrons. The van der Waals surface area contributed by atoms with Crippen molar-refractivity contribution in [3.8, 4) is 5.69 Å². The maximum atomic E-state index is 12.4. The van der Waals surface area contributed by atoms with E-state index in [4.69, 9.17) is 35.4 Å². The molecule has 1 amide bonds. The number of benzene rings is 2. The van der Waals surface area contributed by atoms with Gasteiger partial charge in [0.05, 0.1) is 21.5 Å². The molecule has 0 fully saturated rings. The maximum Gasteiger partial charge on any atom is 0.234 e. The summed E-state index contributed by atoms with van der Waals surface area (Å²) in [6, 6.07) is 13.0. The van der Waals surface area contributed by atoms with Crippen molar-refractivity contribution in [2.24, 2.45) is 0 Å². The van der Waals surface area contributed by atoms with Crippen LogP contribution in [0.25, 0.3) is 5.69 Å². The van der Waals surface area contributed by atoms with Gasteiger partial charge in [-0.05, 0) is 48.0 Å². The molecule has 0 aliphatic rings. The van der Waals surface area contributed by atoms with Gasteiger partial charge >= 0.3 is 0 Å². The van der Waals surface area contributed by atoms with E-state index in [0.717, 1.165) is 16.9 Å². The largest absolute Gasteiger partial charge is 0.325 e.